The van der Waals surface area contributed by atoms with Gasteiger partial charge in [0.05, 0.1) is 11.1 Å². The summed E-state index contributed by atoms with van der Waals surface area (Å²) in [5.41, 5.74) is -1.51. The first-order valence-corrected chi connectivity index (χ1v) is 12.9. The van der Waals surface area contributed by atoms with Crippen molar-refractivity contribution in [1.29, 1.82) is 0 Å². The minimum absolute atomic E-state index is 0.169. The summed E-state index contributed by atoms with van der Waals surface area (Å²) < 4.78 is 72.5. The van der Waals surface area contributed by atoms with Gasteiger partial charge in [0.2, 0.25) is 0 Å². The SMILES string of the molecule is C[C](C)=[Zr+2].Oc1ccc(C(F)(F)F)cc1.Oc1ccc(C(F)(F)F)cc1.c1cc[cH-]c1.c1ccc2[cH-]ccc2c1. The van der Waals surface area contributed by atoms with Crippen LogP contribution in [-0.4, -0.2) is 13.4 Å². The van der Waals surface area contributed by atoms with Gasteiger partial charge < -0.3 is 10.2 Å². The Labute approximate surface area is 244 Å². The molecule has 0 unspecified atom stereocenters. The Morgan fingerprint density at radius 1 is 0.600 bits per heavy atom. The molecule has 5 rings (SSSR count). The van der Waals surface area contributed by atoms with Gasteiger partial charge in [-0.25, -0.2) is 12.1 Å². The molecule has 0 saturated carbocycles. The van der Waals surface area contributed by atoms with Gasteiger partial charge in [-0.2, -0.15) is 62.1 Å². The first-order valence-electron chi connectivity index (χ1n) is 11.7. The standard InChI is InChI=1S/C9H7.2C7H5F3O.C5H5.C3H6.Zr/c1-2-5-9-7-3-6-8(9)4-1;2*8-7(9,10)5-1-3-6(11)4-2-5;1-2-4-5-3-1;1-3-2;/h1-7H;2*1-4,11H;1-5H;1-2H3;/q-1;;;-1;;+2. The Morgan fingerprint density at radius 2 is 1.00 bits per heavy atom. The van der Waals surface area contributed by atoms with E-state index in [4.69, 9.17) is 10.2 Å². The molecule has 0 amide bonds. The van der Waals surface area contributed by atoms with Crippen LogP contribution in [0.1, 0.15) is 25.0 Å². The van der Waals surface area contributed by atoms with E-state index in [9.17, 15) is 26.3 Å². The maximum absolute atomic E-state index is 11.8. The van der Waals surface area contributed by atoms with Crippen molar-refractivity contribution in [2.24, 2.45) is 0 Å². The van der Waals surface area contributed by atoms with Crippen LogP contribution in [0.25, 0.3) is 10.8 Å². The van der Waals surface area contributed by atoms with Gasteiger partial charge >= 0.3 is 53.6 Å². The van der Waals surface area contributed by atoms with E-state index < -0.39 is 23.5 Å². The van der Waals surface area contributed by atoms with Crippen molar-refractivity contribution >= 4 is 14.0 Å². The van der Waals surface area contributed by atoms with Gasteiger partial charge in [0, 0.05) is 0 Å². The minimum atomic E-state index is -4.33. The third-order valence-electron chi connectivity index (χ3n) is 4.49. The van der Waals surface area contributed by atoms with Crippen molar-refractivity contribution in [3.05, 3.63) is 132 Å². The van der Waals surface area contributed by atoms with Crippen molar-refractivity contribution in [1.82, 2.24) is 0 Å². The fraction of sp³-hybridized carbons (Fsp3) is 0.129. The molecule has 0 radical (unpaired) electrons. The van der Waals surface area contributed by atoms with Crippen LogP contribution in [0.3, 0.4) is 0 Å². The number of fused-ring (bicyclic) bond motifs is 1. The molecule has 9 heteroatoms. The maximum atomic E-state index is 11.8. The third kappa shape index (κ3) is 15.2. The first-order chi connectivity index (χ1) is 18.7. The average Bonchev–Trinajstić information content (AvgIpc) is 3.59. The Kier molecular flexibility index (Phi) is 14.9. The molecule has 0 spiro atoms. The van der Waals surface area contributed by atoms with Crippen molar-refractivity contribution in [2.45, 2.75) is 26.2 Å². The van der Waals surface area contributed by atoms with E-state index in [2.05, 4.69) is 56.3 Å². The van der Waals surface area contributed by atoms with E-state index in [0.29, 0.717) is 0 Å². The number of alkyl halides is 6. The Morgan fingerprint density at radius 3 is 1.32 bits per heavy atom. The summed E-state index contributed by atoms with van der Waals surface area (Å²) in [5.74, 6) is -0.337. The number of phenols is 2. The number of hydrogen-bond acceptors (Lipinski definition) is 2. The quantitative estimate of drug-likeness (QED) is 0.131. The smallest absolute Gasteiger partial charge is 0.416 e. The molecule has 210 valence electrons. The molecule has 0 fully saturated rings. The topological polar surface area (TPSA) is 40.5 Å². The molecule has 0 aromatic heterocycles. The zero-order valence-corrected chi connectivity index (χ0v) is 24.2. The number of halogens is 6. The fourth-order valence-corrected chi connectivity index (χ4v) is 2.69. The van der Waals surface area contributed by atoms with Gasteiger partial charge in [0.25, 0.3) is 0 Å². The summed E-state index contributed by atoms with van der Waals surface area (Å²) in [6, 6.07) is 32.0. The van der Waals surface area contributed by atoms with Crippen LogP contribution in [-0.2, 0) is 36.6 Å². The van der Waals surface area contributed by atoms with Gasteiger partial charge in [0.1, 0.15) is 11.5 Å². The van der Waals surface area contributed by atoms with Gasteiger partial charge in [-0.05, 0) is 48.5 Å². The fourth-order valence-electron chi connectivity index (χ4n) is 2.69. The van der Waals surface area contributed by atoms with Crippen molar-refractivity contribution < 1.29 is 60.8 Å². The van der Waals surface area contributed by atoms with Gasteiger partial charge in [-0.1, -0.05) is 6.07 Å². The predicted octanol–water partition coefficient (Wildman–Crippen LogP) is 9.53. The molecule has 0 bridgehead atoms. The van der Waals surface area contributed by atoms with Crippen LogP contribution in [0.2, 0.25) is 0 Å². The summed E-state index contributed by atoms with van der Waals surface area (Å²) in [7, 11) is 0. The van der Waals surface area contributed by atoms with Gasteiger partial charge in [-0.3, -0.25) is 0 Å². The molecule has 0 aliphatic rings. The van der Waals surface area contributed by atoms with Gasteiger partial charge in [-0.15, -0.1) is 29.7 Å². The predicted molar refractivity (Wildman–Crippen MR) is 144 cm³/mol. The normalized spacial score (nSPS) is 10.3. The van der Waals surface area contributed by atoms with E-state index in [1.54, 1.807) is 24.2 Å². The number of benzene rings is 3. The van der Waals surface area contributed by atoms with Crippen LogP contribution < -0.4 is 0 Å². The molecular formula is C31H28F6O2Zr. The number of rotatable bonds is 0. The van der Waals surface area contributed by atoms with E-state index in [0.717, 1.165) is 48.5 Å². The van der Waals surface area contributed by atoms with E-state index in [1.165, 1.54) is 14.0 Å². The van der Waals surface area contributed by atoms with E-state index in [1.807, 2.05) is 30.3 Å². The van der Waals surface area contributed by atoms with Crippen LogP contribution >= 0.6 is 0 Å². The van der Waals surface area contributed by atoms with Crippen molar-refractivity contribution in [3.63, 3.8) is 0 Å². The van der Waals surface area contributed by atoms with E-state index >= 15 is 0 Å². The Balaban J connectivity index is 0.000000261. The van der Waals surface area contributed by atoms with E-state index in [-0.39, 0.29) is 11.5 Å². The zero-order valence-electron chi connectivity index (χ0n) is 21.7. The monoisotopic (exact) mass is 636 g/mol. The second kappa shape index (κ2) is 17.3. The van der Waals surface area contributed by atoms with Crippen LogP contribution in [0, 0.1) is 0 Å². The zero-order chi connectivity index (χ0) is 30.2. The summed E-state index contributed by atoms with van der Waals surface area (Å²) in [4.78, 5) is 0. The number of aromatic hydroxyl groups is 2. The maximum Gasteiger partial charge on any atom is 0.416 e. The Bertz CT molecular complexity index is 1250. The second-order valence-electron chi connectivity index (χ2n) is 8.21. The molecule has 0 atom stereocenters. The largest absolute Gasteiger partial charge is 0.508 e. The van der Waals surface area contributed by atoms with Crippen molar-refractivity contribution in [2.75, 3.05) is 0 Å². The number of hydrogen-bond donors (Lipinski definition) is 2. The molecule has 5 aromatic carbocycles. The van der Waals surface area contributed by atoms with Crippen LogP contribution in [0.5, 0.6) is 11.5 Å². The molecule has 2 N–H and O–H groups in total. The van der Waals surface area contributed by atoms with Crippen LogP contribution in [0.4, 0.5) is 26.3 Å². The summed E-state index contributed by atoms with van der Waals surface area (Å²) in [6.45, 7) is 4.25. The average molecular weight is 638 g/mol. The minimum Gasteiger partial charge on any atom is -0.508 e. The van der Waals surface area contributed by atoms with Crippen LogP contribution in [0.15, 0.2) is 121 Å². The molecule has 0 aliphatic heterocycles. The number of phenolic OH excluding ortho intramolecular Hbond substituents is 2. The molecule has 40 heavy (non-hydrogen) atoms. The van der Waals surface area contributed by atoms with Crippen molar-refractivity contribution in [3.8, 4) is 11.5 Å². The molecule has 5 aromatic rings. The summed E-state index contributed by atoms with van der Waals surface area (Å²) >= 11 is 1.55. The first kappa shape index (κ1) is 34.6. The molecular weight excluding hydrogens is 610 g/mol. The molecule has 0 heterocycles. The Hall–Kier alpha value is -3.45. The van der Waals surface area contributed by atoms with Gasteiger partial charge in [0.15, 0.2) is 0 Å². The third-order valence-corrected chi connectivity index (χ3v) is 4.49. The second-order valence-corrected chi connectivity index (χ2v) is 10.7. The molecule has 2 nitrogen and oxygen atoms in total. The summed E-state index contributed by atoms with van der Waals surface area (Å²) in [6.07, 6.45) is -8.65. The molecule has 0 saturated heterocycles. The molecule has 0 aliphatic carbocycles. The summed E-state index contributed by atoms with van der Waals surface area (Å²) in [5, 5.41) is 20.0.